The zero-order valence-electron chi connectivity index (χ0n) is 13.3. The lowest BCUT2D eigenvalue weighted by molar-refractivity contribution is 0.316. The number of pyridine rings is 1. The third-order valence-corrected chi connectivity index (χ3v) is 4.27. The van der Waals surface area contributed by atoms with Gasteiger partial charge in [-0.25, -0.2) is 0 Å². The van der Waals surface area contributed by atoms with Crippen LogP contribution in [0.2, 0.25) is 5.02 Å². The minimum atomic E-state index is 0.717. The SMILES string of the molecule is CCN(CCNc1ccnc2cc(Cl)ccc12)C[C]1[CH][CH][CH][CH]1. The van der Waals surface area contributed by atoms with Crippen molar-refractivity contribution in [2.45, 2.75) is 6.92 Å². The first-order valence-electron chi connectivity index (χ1n) is 7.97. The van der Waals surface area contributed by atoms with E-state index in [4.69, 9.17) is 11.6 Å². The van der Waals surface area contributed by atoms with Crippen molar-refractivity contribution in [3.05, 3.63) is 67.1 Å². The van der Waals surface area contributed by atoms with Crippen molar-refractivity contribution >= 4 is 28.2 Å². The fourth-order valence-electron chi connectivity index (χ4n) is 2.75. The predicted octanol–water partition coefficient (Wildman–Crippen LogP) is 4.03. The highest BCUT2D eigenvalue weighted by Crippen LogP contribution is 2.25. The molecule has 1 aliphatic rings. The zero-order chi connectivity index (χ0) is 16.1. The normalized spacial score (nSPS) is 15.6. The maximum absolute atomic E-state index is 6.04. The summed E-state index contributed by atoms with van der Waals surface area (Å²) in [5.74, 6) is 1.37. The zero-order valence-corrected chi connectivity index (χ0v) is 14.1. The summed E-state index contributed by atoms with van der Waals surface area (Å²) in [6.07, 6.45) is 10.4. The van der Waals surface area contributed by atoms with Gasteiger partial charge in [-0.3, -0.25) is 4.98 Å². The van der Waals surface area contributed by atoms with E-state index in [-0.39, 0.29) is 0 Å². The van der Waals surface area contributed by atoms with Crippen molar-refractivity contribution < 1.29 is 0 Å². The first-order chi connectivity index (χ1) is 11.3. The van der Waals surface area contributed by atoms with Crippen LogP contribution in [0.4, 0.5) is 5.69 Å². The smallest absolute Gasteiger partial charge is 0.0737 e. The van der Waals surface area contributed by atoms with Crippen molar-refractivity contribution in [1.82, 2.24) is 9.88 Å². The molecule has 0 atom stereocenters. The van der Waals surface area contributed by atoms with Crippen LogP contribution in [0.1, 0.15) is 6.92 Å². The topological polar surface area (TPSA) is 28.2 Å². The standard InChI is InChI=1S/C19H21ClN3/c1-2-23(14-15-5-3-4-6-15)12-11-22-18-9-10-21-19-13-16(20)7-8-17(18)19/h3-10,13H,2,11-12,14H2,1H3,(H,21,22). The summed E-state index contributed by atoms with van der Waals surface area (Å²) in [6.45, 7) is 6.14. The molecule has 0 spiro atoms. The minimum Gasteiger partial charge on any atom is -0.383 e. The van der Waals surface area contributed by atoms with Gasteiger partial charge in [-0.15, -0.1) is 0 Å². The van der Waals surface area contributed by atoms with Crippen molar-refractivity contribution in [2.75, 3.05) is 31.5 Å². The molecule has 4 heteroatoms. The number of hydrogen-bond donors (Lipinski definition) is 1. The minimum absolute atomic E-state index is 0.717. The molecule has 1 saturated carbocycles. The average Bonchev–Trinajstić information content (AvgIpc) is 3.06. The Morgan fingerprint density at radius 3 is 2.78 bits per heavy atom. The molecule has 0 amide bonds. The summed E-state index contributed by atoms with van der Waals surface area (Å²) in [4.78, 5) is 6.81. The first kappa shape index (κ1) is 16.5. The lowest BCUT2D eigenvalue weighted by Gasteiger charge is -2.23. The molecule has 119 valence electrons. The number of rotatable bonds is 7. The van der Waals surface area contributed by atoms with E-state index in [0.717, 1.165) is 42.8 Å². The van der Waals surface area contributed by atoms with Crippen molar-refractivity contribution in [3.8, 4) is 0 Å². The third-order valence-electron chi connectivity index (χ3n) is 4.03. The van der Waals surface area contributed by atoms with Crippen LogP contribution in [-0.4, -0.2) is 36.1 Å². The number of benzene rings is 1. The first-order valence-corrected chi connectivity index (χ1v) is 8.35. The van der Waals surface area contributed by atoms with Gasteiger partial charge in [0.2, 0.25) is 0 Å². The number of anilines is 1. The highest BCUT2D eigenvalue weighted by Gasteiger charge is 2.19. The molecule has 2 aromatic rings. The van der Waals surface area contributed by atoms with Crippen LogP contribution in [0.3, 0.4) is 0 Å². The number of nitrogens with one attached hydrogen (secondary N) is 1. The molecule has 3 nitrogen and oxygen atoms in total. The summed E-state index contributed by atoms with van der Waals surface area (Å²) in [5.41, 5.74) is 2.03. The second kappa shape index (κ2) is 7.98. The molecule has 0 unspecified atom stereocenters. The lowest BCUT2D eigenvalue weighted by atomic mass is 10.1. The number of halogens is 1. The largest absolute Gasteiger partial charge is 0.383 e. The summed E-state index contributed by atoms with van der Waals surface area (Å²) in [6, 6.07) is 7.85. The van der Waals surface area contributed by atoms with E-state index in [9.17, 15) is 0 Å². The Labute approximate surface area is 144 Å². The van der Waals surface area contributed by atoms with E-state index in [1.165, 1.54) is 5.92 Å². The molecule has 1 heterocycles. The van der Waals surface area contributed by atoms with Gasteiger partial charge in [-0.1, -0.05) is 18.5 Å². The number of nitrogens with zero attached hydrogens (tertiary/aromatic N) is 2. The monoisotopic (exact) mass is 326 g/mol. The molecule has 0 aliphatic heterocycles. The molecule has 1 aliphatic carbocycles. The summed E-state index contributed by atoms with van der Waals surface area (Å²) in [5, 5.41) is 5.35. The van der Waals surface area contributed by atoms with Crippen LogP contribution in [0.5, 0.6) is 0 Å². The Morgan fingerprint density at radius 2 is 2.00 bits per heavy atom. The van der Waals surface area contributed by atoms with Crippen molar-refractivity contribution in [2.24, 2.45) is 0 Å². The summed E-state index contributed by atoms with van der Waals surface area (Å²) in [7, 11) is 0. The van der Waals surface area contributed by atoms with Gasteiger partial charge in [-0.05, 0) is 62.4 Å². The van der Waals surface area contributed by atoms with E-state index in [2.05, 4.69) is 47.8 Å². The van der Waals surface area contributed by atoms with Gasteiger partial charge in [0.05, 0.1) is 5.52 Å². The molecular weight excluding hydrogens is 306 g/mol. The fraction of sp³-hybridized carbons (Fsp3) is 0.263. The number of fused-ring (bicyclic) bond motifs is 1. The van der Waals surface area contributed by atoms with E-state index in [1.54, 1.807) is 0 Å². The molecule has 1 N–H and O–H groups in total. The van der Waals surface area contributed by atoms with Gasteiger partial charge < -0.3 is 10.2 Å². The van der Waals surface area contributed by atoms with Crippen LogP contribution < -0.4 is 5.32 Å². The number of hydrogen-bond acceptors (Lipinski definition) is 3. The highest BCUT2D eigenvalue weighted by molar-refractivity contribution is 6.31. The Hall–Kier alpha value is -1.32. The van der Waals surface area contributed by atoms with Crippen molar-refractivity contribution in [1.29, 1.82) is 0 Å². The Morgan fingerprint density at radius 1 is 1.17 bits per heavy atom. The van der Waals surface area contributed by atoms with Gasteiger partial charge in [0.25, 0.3) is 0 Å². The van der Waals surface area contributed by atoms with Crippen LogP contribution in [0, 0.1) is 31.6 Å². The van der Waals surface area contributed by atoms with Crippen LogP contribution in [0.25, 0.3) is 10.9 Å². The number of aromatic nitrogens is 1. The Bertz CT molecular complexity index is 638. The van der Waals surface area contributed by atoms with Crippen molar-refractivity contribution in [3.63, 3.8) is 0 Å². The van der Waals surface area contributed by atoms with Gasteiger partial charge in [0.1, 0.15) is 0 Å². The highest BCUT2D eigenvalue weighted by atomic mass is 35.5. The maximum Gasteiger partial charge on any atom is 0.0737 e. The van der Waals surface area contributed by atoms with Gasteiger partial charge in [0, 0.05) is 41.9 Å². The van der Waals surface area contributed by atoms with Gasteiger partial charge >= 0.3 is 0 Å². The molecule has 0 bridgehead atoms. The molecule has 1 aromatic carbocycles. The molecule has 0 saturated heterocycles. The molecule has 23 heavy (non-hydrogen) atoms. The van der Waals surface area contributed by atoms with E-state index in [0.29, 0.717) is 5.02 Å². The summed E-state index contributed by atoms with van der Waals surface area (Å²) >= 11 is 6.04. The Kier molecular flexibility index (Phi) is 5.74. The summed E-state index contributed by atoms with van der Waals surface area (Å²) < 4.78 is 0. The van der Waals surface area contributed by atoms with Crippen LogP contribution >= 0.6 is 11.6 Å². The lowest BCUT2D eigenvalue weighted by Crippen LogP contribution is -2.32. The van der Waals surface area contributed by atoms with E-state index < -0.39 is 0 Å². The molecule has 1 fully saturated rings. The molecule has 3 rings (SSSR count). The molecular formula is C19H21ClN3. The molecule has 5 radical (unpaired) electrons. The molecule has 1 aromatic heterocycles. The van der Waals surface area contributed by atoms with E-state index in [1.807, 2.05) is 30.5 Å². The Balaban J connectivity index is 1.57. The average molecular weight is 327 g/mol. The fourth-order valence-corrected chi connectivity index (χ4v) is 2.92. The maximum atomic E-state index is 6.04. The van der Waals surface area contributed by atoms with E-state index >= 15 is 0 Å². The predicted molar refractivity (Wildman–Crippen MR) is 97.8 cm³/mol. The second-order valence-corrected chi connectivity index (χ2v) is 6.05. The van der Waals surface area contributed by atoms with Crippen LogP contribution in [-0.2, 0) is 0 Å². The number of likely N-dealkylation sites (N-methyl/N-ethyl adjacent to an activating group) is 1. The quantitative estimate of drug-likeness (QED) is 0.832. The van der Waals surface area contributed by atoms with Crippen LogP contribution in [0.15, 0.2) is 30.5 Å². The third kappa shape index (κ3) is 4.36. The second-order valence-electron chi connectivity index (χ2n) is 5.61. The van der Waals surface area contributed by atoms with Gasteiger partial charge in [-0.2, -0.15) is 0 Å². The van der Waals surface area contributed by atoms with Gasteiger partial charge in [0.15, 0.2) is 0 Å².